The zero-order valence-electron chi connectivity index (χ0n) is 15.8. The van der Waals surface area contributed by atoms with Crippen molar-refractivity contribution in [2.75, 3.05) is 5.32 Å². The largest absolute Gasteiger partial charge is 0.573 e. The van der Waals surface area contributed by atoms with Crippen LogP contribution in [0.5, 0.6) is 17.2 Å². The second-order valence-electron chi connectivity index (χ2n) is 6.17. The van der Waals surface area contributed by atoms with E-state index in [9.17, 15) is 39.9 Å². The van der Waals surface area contributed by atoms with Gasteiger partial charge in [-0.05, 0) is 35.4 Å². The summed E-state index contributed by atoms with van der Waals surface area (Å²) in [6, 6.07) is 3.87. The van der Waals surface area contributed by atoms with Gasteiger partial charge in [-0.25, -0.2) is 8.78 Å². The van der Waals surface area contributed by atoms with E-state index in [0.29, 0.717) is 24.3 Å². The molecule has 1 heterocycles. The Hall–Kier alpha value is -3.97. The van der Waals surface area contributed by atoms with Crippen molar-refractivity contribution >= 4 is 11.6 Å². The Morgan fingerprint density at radius 1 is 0.970 bits per heavy atom. The molecule has 2 N–H and O–H groups in total. The minimum atomic E-state index is -5.19. The van der Waals surface area contributed by atoms with Crippen molar-refractivity contribution in [1.29, 1.82) is 0 Å². The fourth-order valence-corrected chi connectivity index (χ4v) is 2.54. The number of carbonyl (C=O) groups excluding carboxylic acids is 1. The highest BCUT2D eigenvalue weighted by Gasteiger charge is 2.37. The summed E-state index contributed by atoms with van der Waals surface area (Å²) >= 11 is 0. The molecule has 3 aromatic rings. The normalized spacial score (nSPS) is 11.8. The van der Waals surface area contributed by atoms with E-state index in [1.54, 1.807) is 0 Å². The molecule has 0 saturated carbocycles. The number of nitrogens with one attached hydrogen (secondary N) is 2. The van der Waals surface area contributed by atoms with Crippen molar-refractivity contribution in [2.24, 2.45) is 0 Å². The SMILES string of the molecule is O=C(Nc1ccn[nH+]c1)c1c(Oc2ccc(OC(F)(F)F)c(F)c2)ccc(C(F)(F)F)c1F. The van der Waals surface area contributed by atoms with E-state index in [1.165, 1.54) is 12.3 Å². The maximum Gasteiger partial charge on any atom is 0.573 e. The quantitative estimate of drug-likeness (QED) is 0.514. The lowest BCUT2D eigenvalue weighted by Gasteiger charge is -2.16. The van der Waals surface area contributed by atoms with Crippen LogP contribution >= 0.6 is 0 Å². The molecule has 0 aliphatic heterocycles. The Kier molecular flexibility index (Phi) is 6.37. The number of alkyl halides is 6. The molecular weight excluding hydrogens is 470 g/mol. The van der Waals surface area contributed by atoms with E-state index in [4.69, 9.17) is 4.74 Å². The molecule has 14 heteroatoms. The lowest BCUT2D eigenvalue weighted by Crippen LogP contribution is -2.20. The van der Waals surface area contributed by atoms with Gasteiger partial charge in [-0.3, -0.25) is 4.79 Å². The molecule has 0 bridgehead atoms. The second kappa shape index (κ2) is 8.88. The number of aromatic nitrogens is 2. The molecule has 0 aliphatic rings. The second-order valence-corrected chi connectivity index (χ2v) is 6.17. The van der Waals surface area contributed by atoms with Crippen LogP contribution in [-0.4, -0.2) is 17.4 Å². The number of H-pyrrole nitrogens is 1. The zero-order chi connectivity index (χ0) is 24.4. The Morgan fingerprint density at radius 2 is 1.67 bits per heavy atom. The average molecular weight is 480 g/mol. The zero-order valence-corrected chi connectivity index (χ0v) is 15.8. The van der Waals surface area contributed by atoms with E-state index < -0.39 is 58.5 Å². The monoisotopic (exact) mass is 480 g/mol. The van der Waals surface area contributed by atoms with E-state index in [2.05, 4.69) is 20.3 Å². The molecule has 1 amide bonds. The topological polar surface area (TPSA) is 74.6 Å². The van der Waals surface area contributed by atoms with Gasteiger partial charge in [0.1, 0.15) is 22.7 Å². The van der Waals surface area contributed by atoms with Crippen molar-refractivity contribution in [3.63, 3.8) is 0 Å². The molecule has 0 aliphatic carbocycles. The fourth-order valence-electron chi connectivity index (χ4n) is 2.54. The van der Waals surface area contributed by atoms with Crippen LogP contribution in [0.4, 0.5) is 40.8 Å². The summed E-state index contributed by atoms with van der Waals surface area (Å²) in [5.74, 6) is -7.39. The van der Waals surface area contributed by atoms with E-state index in [1.807, 2.05) is 0 Å². The molecule has 0 fully saturated rings. The third-order valence-corrected chi connectivity index (χ3v) is 3.87. The van der Waals surface area contributed by atoms with Gasteiger partial charge in [0.05, 0.1) is 11.8 Å². The van der Waals surface area contributed by atoms with Gasteiger partial charge in [0.15, 0.2) is 17.4 Å². The Bertz CT molecular complexity index is 1170. The van der Waals surface area contributed by atoms with Crippen LogP contribution in [0.1, 0.15) is 15.9 Å². The lowest BCUT2D eigenvalue weighted by atomic mass is 10.1. The molecule has 6 nitrogen and oxygen atoms in total. The number of hydrogen-bond donors (Lipinski definition) is 1. The molecule has 0 saturated heterocycles. The van der Waals surface area contributed by atoms with Gasteiger partial charge in [0, 0.05) is 6.07 Å². The molecular formula is C19H10F8N3O3+. The summed E-state index contributed by atoms with van der Waals surface area (Å²) in [4.78, 5) is 12.6. The number of hydrogen-bond acceptors (Lipinski definition) is 4. The molecule has 2 aromatic carbocycles. The number of benzene rings is 2. The summed E-state index contributed by atoms with van der Waals surface area (Å²) < 4.78 is 113. The molecule has 0 spiro atoms. The molecule has 0 atom stereocenters. The van der Waals surface area contributed by atoms with Crippen LogP contribution in [0.15, 0.2) is 48.8 Å². The predicted octanol–water partition coefficient (Wildman–Crippen LogP) is 5.14. The molecule has 0 radical (unpaired) electrons. The van der Waals surface area contributed by atoms with Crippen molar-refractivity contribution in [2.45, 2.75) is 12.5 Å². The van der Waals surface area contributed by atoms with E-state index >= 15 is 0 Å². The third-order valence-electron chi connectivity index (χ3n) is 3.87. The molecule has 0 unspecified atom stereocenters. The summed E-state index contributed by atoms with van der Waals surface area (Å²) in [5.41, 5.74) is -2.95. The van der Waals surface area contributed by atoms with Gasteiger partial charge < -0.3 is 14.8 Å². The summed E-state index contributed by atoms with van der Waals surface area (Å²) in [6.07, 6.45) is -8.00. The highest BCUT2D eigenvalue weighted by molar-refractivity contribution is 6.06. The summed E-state index contributed by atoms with van der Waals surface area (Å²) in [5, 5.41) is 8.04. The van der Waals surface area contributed by atoms with E-state index in [0.717, 1.165) is 12.3 Å². The van der Waals surface area contributed by atoms with Gasteiger partial charge in [-0.1, -0.05) is 0 Å². The van der Waals surface area contributed by atoms with Gasteiger partial charge in [-0.2, -0.15) is 13.2 Å². The predicted molar refractivity (Wildman–Crippen MR) is 93.3 cm³/mol. The Morgan fingerprint density at radius 3 is 2.24 bits per heavy atom. The van der Waals surface area contributed by atoms with Crippen LogP contribution in [0.25, 0.3) is 0 Å². The first-order valence-corrected chi connectivity index (χ1v) is 8.61. The van der Waals surface area contributed by atoms with E-state index in [-0.39, 0.29) is 5.69 Å². The Balaban J connectivity index is 2.00. The highest BCUT2D eigenvalue weighted by atomic mass is 19.4. The molecule has 33 heavy (non-hydrogen) atoms. The maximum absolute atomic E-state index is 14.7. The fraction of sp³-hybridized carbons (Fsp3) is 0.105. The van der Waals surface area contributed by atoms with Crippen LogP contribution in [0.3, 0.4) is 0 Å². The highest BCUT2D eigenvalue weighted by Crippen LogP contribution is 2.38. The van der Waals surface area contributed by atoms with Crippen molar-refractivity contribution < 1.29 is 54.5 Å². The maximum atomic E-state index is 14.7. The van der Waals surface area contributed by atoms with Crippen LogP contribution in [-0.2, 0) is 6.18 Å². The van der Waals surface area contributed by atoms with Crippen LogP contribution in [0, 0.1) is 11.6 Å². The van der Waals surface area contributed by atoms with Gasteiger partial charge in [0.25, 0.3) is 5.91 Å². The average Bonchev–Trinajstić information content (AvgIpc) is 2.69. The number of amides is 1. The lowest BCUT2D eigenvalue weighted by molar-refractivity contribution is -0.454. The Labute approximate surface area is 178 Å². The van der Waals surface area contributed by atoms with Crippen LogP contribution < -0.4 is 19.9 Å². The number of carbonyl (C=O) groups is 1. The molecule has 174 valence electrons. The number of rotatable bonds is 5. The molecule has 3 rings (SSSR count). The summed E-state index contributed by atoms with van der Waals surface area (Å²) in [6.45, 7) is 0. The first kappa shape index (κ1) is 23.7. The van der Waals surface area contributed by atoms with Crippen LogP contribution in [0.2, 0.25) is 0 Å². The minimum absolute atomic E-state index is 0.0115. The van der Waals surface area contributed by atoms with Gasteiger partial charge in [-0.15, -0.1) is 18.3 Å². The number of anilines is 1. The molecule has 1 aromatic heterocycles. The summed E-state index contributed by atoms with van der Waals surface area (Å²) in [7, 11) is 0. The third kappa shape index (κ3) is 5.84. The minimum Gasteiger partial charge on any atom is -0.456 e. The standard InChI is InChI=1S/C19H9F8N3O3/c20-12-7-10(1-3-13(12)33-19(25,26)27)32-14-4-2-11(18(22,23)24)16(21)15(14)17(31)30-9-5-6-28-29-8-9/h1-8H,(H,28,30,31)/p+1. The van der Waals surface area contributed by atoms with Crippen molar-refractivity contribution in [1.82, 2.24) is 5.10 Å². The van der Waals surface area contributed by atoms with Gasteiger partial charge in [0.2, 0.25) is 6.20 Å². The van der Waals surface area contributed by atoms with Crippen molar-refractivity contribution in [3.05, 3.63) is 71.6 Å². The van der Waals surface area contributed by atoms with Gasteiger partial charge >= 0.3 is 12.5 Å². The number of nitrogens with zero attached hydrogens (tertiary/aromatic N) is 1. The number of aromatic amines is 1. The number of halogens is 8. The first-order chi connectivity index (χ1) is 15.3. The smallest absolute Gasteiger partial charge is 0.456 e. The van der Waals surface area contributed by atoms with Crippen molar-refractivity contribution in [3.8, 4) is 17.2 Å². The number of ether oxygens (including phenoxy) is 2. The first-order valence-electron chi connectivity index (χ1n) is 8.61.